The van der Waals surface area contributed by atoms with Crippen LogP contribution in [-0.2, 0) is 60.5 Å². The van der Waals surface area contributed by atoms with E-state index in [1.54, 1.807) is 44.2 Å². The second kappa shape index (κ2) is 26.6. The molecule has 0 unspecified atom stereocenters. The van der Waals surface area contributed by atoms with E-state index < -0.39 is 97.4 Å². The van der Waals surface area contributed by atoms with E-state index in [0.29, 0.717) is 31.4 Å². The lowest BCUT2D eigenvalue weighted by atomic mass is 9.82. The second-order valence-corrected chi connectivity index (χ2v) is 21.8. The molecular weight excluding hydrogens is 951 g/mol. The normalized spacial score (nSPS) is 39.7. The van der Waals surface area contributed by atoms with E-state index in [9.17, 15) is 24.9 Å². The van der Waals surface area contributed by atoms with Crippen LogP contribution in [0.15, 0.2) is 78.9 Å². The van der Waals surface area contributed by atoms with E-state index in [1.807, 2.05) is 58.1 Å². The predicted octanol–water partition coefficient (Wildman–Crippen LogP) is 5.66. The summed E-state index contributed by atoms with van der Waals surface area (Å²) < 4.78 is 57.9. The smallest absolute Gasteiger partial charge is 0.338 e. The first-order valence-electron chi connectivity index (χ1n) is 26.8. The van der Waals surface area contributed by atoms with E-state index in [4.69, 9.17) is 42.6 Å². The molecule has 0 radical (unpaired) electrons. The SMILES string of the molecule is CN[C@H]1CC[C@H](O[C@H]2/C=C/C=C/C[C@@H](C)OC(=O)C[C@@H](O)[C@H](OC)[C@@H](O[C@@H]3O[C@H](C)[C@@H](O[C@H]4C[C@@](C)(O)[C@@H](OC(=O)c5ccccc5)[C@H](C)O4)[C@H](N(C)C)[C@H]3O)[C@@H](CCN3Cc4ccccc4C3)C[C@H]2C)O[C@@H]1C. The molecule has 0 bridgehead atoms. The van der Waals surface area contributed by atoms with Gasteiger partial charge in [0.15, 0.2) is 25.0 Å². The highest BCUT2D eigenvalue weighted by Crippen LogP contribution is 2.39. The maximum absolute atomic E-state index is 13.5. The zero-order chi connectivity index (χ0) is 53.3. The van der Waals surface area contributed by atoms with E-state index in [-0.39, 0.29) is 42.9 Å². The number of allylic oxidation sites excluding steroid dienone is 2. The van der Waals surface area contributed by atoms with Crippen molar-refractivity contribution in [2.24, 2.45) is 11.8 Å². The van der Waals surface area contributed by atoms with Crippen molar-refractivity contribution < 1.29 is 67.5 Å². The van der Waals surface area contributed by atoms with E-state index in [2.05, 4.69) is 54.4 Å². The summed E-state index contributed by atoms with van der Waals surface area (Å²) >= 11 is 0. The van der Waals surface area contributed by atoms with Crippen molar-refractivity contribution in [2.45, 2.75) is 203 Å². The van der Waals surface area contributed by atoms with Gasteiger partial charge in [-0.2, -0.15) is 0 Å². The molecule has 2 aromatic rings. The summed E-state index contributed by atoms with van der Waals surface area (Å²) in [4.78, 5) is 30.8. The average Bonchev–Trinajstić information content (AvgIpc) is 3.77. The van der Waals surface area contributed by atoms with Gasteiger partial charge < -0.3 is 68.2 Å². The highest BCUT2D eigenvalue weighted by molar-refractivity contribution is 5.89. The number of nitrogens with zero attached hydrogens (tertiary/aromatic N) is 2. The minimum Gasteiger partial charge on any atom is -0.462 e. The fourth-order valence-corrected chi connectivity index (χ4v) is 11.6. The van der Waals surface area contributed by atoms with Gasteiger partial charge in [0.1, 0.15) is 30.0 Å². The molecule has 5 aliphatic rings. The molecule has 17 nitrogen and oxygen atoms in total. The van der Waals surface area contributed by atoms with Gasteiger partial charge in [0.05, 0.1) is 54.6 Å². The molecule has 19 atom stereocenters. The van der Waals surface area contributed by atoms with Crippen LogP contribution < -0.4 is 5.32 Å². The van der Waals surface area contributed by atoms with Gasteiger partial charge in [0.25, 0.3) is 0 Å². The van der Waals surface area contributed by atoms with Crippen LogP contribution in [0.1, 0.15) is 108 Å². The molecule has 5 aliphatic heterocycles. The third kappa shape index (κ3) is 14.9. The van der Waals surface area contributed by atoms with E-state index >= 15 is 0 Å². The summed E-state index contributed by atoms with van der Waals surface area (Å²) in [6.07, 6.45) is -0.780. The lowest BCUT2D eigenvalue weighted by Crippen LogP contribution is -2.66. The molecule has 0 aliphatic carbocycles. The number of hydrogen-bond acceptors (Lipinski definition) is 17. The molecule has 5 heterocycles. The Morgan fingerprint density at radius 3 is 2.19 bits per heavy atom. The molecule has 74 heavy (non-hydrogen) atoms. The zero-order valence-corrected chi connectivity index (χ0v) is 45.2. The number of cyclic esters (lactones) is 1. The number of aliphatic hydroxyl groups excluding tert-OH is 2. The van der Waals surface area contributed by atoms with Crippen molar-refractivity contribution in [3.05, 3.63) is 95.6 Å². The first-order chi connectivity index (χ1) is 35.3. The van der Waals surface area contributed by atoms with Crippen LogP contribution in [-0.4, -0.2) is 176 Å². The number of likely N-dealkylation sites (N-methyl/N-ethyl adjacent to an activating group) is 2. The molecule has 0 amide bonds. The Morgan fingerprint density at radius 2 is 1.54 bits per heavy atom. The summed E-state index contributed by atoms with van der Waals surface area (Å²) in [5.41, 5.74) is 1.38. The Hall–Kier alpha value is -3.66. The number of esters is 2. The number of benzene rings is 2. The van der Waals surface area contributed by atoms with Gasteiger partial charge in [-0.1, -0.05) is 73.7 Å². The highest BCUT2D eigenvalue weighted by Gasteiger charge is 2.53. The monoisotopic (exact) mass is 1040 g/mol. The average molecular weight is 1040 g/mol. The molecular formula is C57H85N3O14. The molecule has 0 aromatic heterocycles. The Labute approximate surface area is 438 Å². The third-order valence-electron chi connectivity index (χ3n) is 15.7. The van der Waals surface area contributed by atoms with Crippen LogP contribution in [0.3, 0.4) is 0 Å². The maximum atomic E-state index is 13.5. The number of fused-ring (bicyclic) bond motifs is 1. The quantitative estimate of drug-likeness (QED) is 0.169. The Bertz CT molecular complexity index is 2120. The number of ether oxygens (including phenoxy) is 9. The zero-order valence-electron chi connectivity index (χ0n) is 45.2. The molecule has 17 heteroatoms. The number of methoxy groups -OCH3 is 1. The Morgan fingerprint density at radius 1 is 0.851 bits per heavy atom. The predicted molar refractivity (Wildman–Crippen MR) is 276 cm³/mol. The van der Waals surface area contributed by atoms with Gasteiger partial charge in [-0.25, -0.2) is 4.79 Å². The van der Waals surface area contributed by atoms with Crippen molar-refractivity contribution in [3.8, 4) is 0 Å². The van der Waals surface area contributed by atoms with E-state index in [0.717, 1.165) is 25.9 Å². The minimum absolute atomic E-state index is 0.0410. The standard InChI is InChI=1S/C57H85N3O14/c1-34-29-40(27-28-60-32-41-22-17-18-23-42(41)33-60)52(53(66-10)44(61)30-46(62)67-35(2)19-13-11-16-24-45(34)71-47-26-25-43(58-7)36(3)68-47)73-56-50(63)49(59(8)9)51(37(4)70-56)72-48-31-57(6,65)54(38(5)69-48)74-55(64)39-20-14-12-15-21-39/h11-18,20-24,34-38,40,43-45,47-54,56,58,61,63,65H,19,25-33H2,1-10H3/b13-11+,24-16+/t34-,35-,36-,37-,38+,40+,43+,44-,45+,47+,48+,49-,50-,51-,52+,53+,54+,56+,57-/m1/s1. The molecule has 412 valence electrons. The summed E-state index contributed by atoms with van der Waals surface area (Å²) in [6, 6.07) is 16.5. The van der Waals surface area contributed by atoms with Crippen molar-refractivity contribution in [1.82, 2.24) is 15.1 Å². The first-order valence-corrected chi connectivity index (χ1v) is 26.8. The summed E-state index contributed by atoms with van der Waals surface area (Å²) in [7, 11) is 7.10. The van der Waals surface area contributed by atoms with Gasteiger partial charge >= 0.3 is 11.9 Å². The van der Waals surface area contributed by atoms with E-state index in [1.165, 1.54) is 18.2 Å². The number of rotatable bonds is 14. The van der Waals surface area contributed by atoms with Crippen LogP contribution in [0.25, 0.3) is 0 Å². The van der Waals surface area contributed by atoms with Crippen LogP contribution >= 0.6 is 0 Å². The number of nitrogens with one attached hydrogen (secondary N) is 1. The topological polar surface area (TPSA) is 196 Å². The van der Waals surface area contributed by atoms with Gasteiger partial charge in [0, 0.05) is 39.1 Å². The molecule has 4 N–H and O–H groups in total. The fourth-order valence-electron chi connectivity index (χ4n) is 11.6. The van der Waals surface area contributed by atoms with Gasteiger partial charge in [-0.05, 0) is 123 Å². The summed E-state index contributed by atoms with van der Waals surface area (Å²) in [6.45, 7) is 13.4. The highest BCUT2D eigenvalue weighted by atomic mass is 16.7. The molecule has 2 aromatic carbocycles. The number of carbonyl (C=O) groups excluding carboxylic acids is 2. The van der Waals surface area contributed by atoms with Crippen LogP contribution in [0.5, 0.6) is 0 Å². The number of carbonyl (C=O) groups is 2. The van der Waals surface area contributed by atoms with Gasteiger partial charge in [-0.15, -0.1) is 0 Å². The summed E-state index contributed by atoms with van der Waals surface area (Å²) in [5.74, 6) is -1.64. The Balaban J connectivity index is 1.17. The first kappa shape index (κ1) is 58.0. The third-order valence-corrected chi connectivity index (χ3v) is 15.7. The molecule has 0 spiro atoms. The van der Waals surface area contributed by atoms with Crippen molar-refractivity contribution in [3.63, 3.8) is 0 Å². The minimum atomic E-state index is -1.54. The van der Waals surface area contributed by atoms with Gasteiger partial charge in [-0.3, -0.25) is 9.69 Å². The fraction of sp³-hybridized carbons (Fsp3) is 0.684. The molecule has 0 saturated carbocycles. The number of aliphatic hydroxyl groups is 3. The van der Waals surface area contributed by atoms with Crippen LogP contribution in [0.4, 0.5) is 0 Å². The number of hydrogen-bond donors (Lipinski definition) is 4. The molecule has 3 fully saturated rings. The van der Waals surface area contributed by atoms with Crippen molar-refractivity contribution >= 4 is 11.9 Å². The summed E-state index contributed by atoms with van der Waals surface area (Å²) in [5, 5.41) is 39.8. The largest absolute Gasteiger partial charge is 0.462 e. The van der Waals surface area contributed by atoms with Crippen LogP contribution in [0, 0.1) is 11.8 Å². The lowest BCUT2D eigenvalue weighted by molar-refractivity contribution is -0.344. The van der Waals surface area contributed by atoms with Crippen LogP contribution in [0.2, 0.25) is 0 Å². The van der Waals surface area contributed by atoms with Gasteiger partial charge in [0.2, 0.25) is 0 Å². The molecule has 7 rings (SSSR count). The Kier molecular flexibility index (Phi) is 20.9. The lowest BCUT2D eigenvalue weighted by Gasteiger charge is -2.50. The van der Waals surface area contributed by atoms with Crippen molar-refractivity contribution in [1.29, 1.82) is 0 Å². The molecule has 3 saturated heterocycles. The maximum Gasteiger partial charge on any atom is 0.338 e. The second-order valence-electron chi connectivity index (χ2n) is 21.8. The van der Waals surface area contributed by atoms with Crippen molar-refractivity contribution in [2.75, 3.05) is 34.8 Å².